The Morgan fingerprint density at radius 1 is 1.15 bits per heavy atom. The lowest BCUT2D eigenvalue weighted by Gasteiger charge is -2.24. The number of benzene rings is 2. The van der Waals surface area contributed by atoms with Gasteiger partial charge in [0.25, 0.3) is 5.56 Å². The van der Waals surface area contributed by atoms with Crippen LogP contribution in [0.15, 0.2) is 75.7 Å². The molecule has 1 aliphatic rings. The van der Waals surface area contributed by atoms with E-state index < -0.39 is 12.0 Å². The van der Waals surface area contributed by atoms with Crippen LogP contribution in [0.1, 0.15) is 36.7 Å². The molecule has 0 radical (unpaired) electrons. The Hall–Kier alpha value is -3.71. The van der Waals surface area contributed by atoms with Gasteiger partial charge in [0.1, 0.15) is 0 Å². The molecule has 0 aliphatic carbocycles. The summed E-state index contributed by atoms with van der Waals surface area (Å²) >= 11 is 1.33. The molecule has 0 unspecified atom stereocenters. The minimum absolute atomic E-state index is 0.174. The Morgan fingerprint density at radius 3 is 2.64 bits per heavy atom. The van der Waals surface area contributed by atoms with Crippen molar-refractivity contribution in [2.45, 2.75) is 26.8 Å². The number of aryl methyl sites for hydroxylation is 1. The van der Waals surface area contributed by atoms with E-state index in [4.69, 9.17) is 4.74 Å². The molecule has 0 fully saturated rings. The van der Waals surface area contributed by atoms with Crippen LogP contribution in [-0.4, -0.2) is 22.1 Å². The zero-order valence-corrected chi connectivity index (χ0v) is 19.4. The molecule has 1 aliphatic heterocycles. The Bertz CT molecular complexity index is 1590. The third kappa shape index (κ3) is 3.54. The number of fused-ring (bicyclic) bond motifs is 2. The van der Waals surface area contributed by atoms with E-state index in [-0.39, 0.29) is 12.2 Å². The summed E-state index contributed by atoms with van der Waals surface area (Å²) < 4.78 is 7.52. The highest BCUT2D eigenvalue weighted by Crippen LogP contribution is 2.30. The van der Waals surface area contributed by atoms with E-state index in [1.807, 2.05) is 67.6 Å². The number of esters is 1. The lowest BCUT2D eigenvalue weighted by atomic mass is 9.96. The van der Waals surface area contributed by atoms with Crippen LogP contribution in [0.2, 0.25) is 0 Å². The highest BCUT2D eigenvalue weighted by Gasteiger charge is 2.33. The fraction of sp³-hybridized carbons (Fsp3) is 0.192. The predicted molar refractivity (Wildman–Crippen MR) is 130 cm³/mol. The van der Waals surface area contributed by atoms with Gasteiger partial charge in [-0.2, -0.15) is 0 Å². The minimum Gasteiger partial charge on any atom is -0.463 e. The van der Waals surface area contributed by atoms with Gasteiger partial charge in [-0.3, -0.25) is 9.36 Å². The van der Waals surface area contributed by atoms with Crippen molar-refractivity contribution >= 4 is 34.3 Å². The molecular weight excluding hydrogens is 434 g/mol. The summed E-state index contributed by atoms with van der Waals surface area (Å²) in [7, 11) is 0. The summed E-state index contributed by atoms with van der Waals surface area (Å²) in [5, 5.41) is 1.06. The summed E-state index contributed by atoms with van der Waals surface area (Å²) in [6, 6.07) is 17.0. The Balaban J connectivity index is 1.76. The second-order valence-corrected chi connectivity index (χ2v) is 8.93. The van der Waals surface area contributed by atoms with Gasteiger partial charge in [0.05, 0.1) is 28.5 Å². The summed E-state index contributed by atoms with van der Waals surface area (Å²) in [5.41, 5.74) is 4.62. The Labute approximate surface area is 194 Å². The fourth-order valence-electron chi connectivity index (χ4n) is 4.36. The number of nitrogens with one attached hydrogen (secondary N) is 1. The molecule has 0 saturated heterocycles. The van der Waals surface area contributed by atoms with Crippen LogP contribution in [0, 0.1) is 6.92 Å². The van der Waals surface area contributed by atoms with Crippen molar-refractivity contribution in [3.63, 3.8) is 0 Å². The number of aromatic amines is 1. The number of aromatic nitrogens is 2. The lowest BCUT2D eigenvalue weighted by Crippen LogP contribution is -2.39. The van der Waals surface area contributed by atoms with Gasteiger partial charge < -0.3 is 9.72 Å². The molecule has 4 aromatic rings. The Morgan fingerprint density at radius 2 is 1.88 bits per heavy atom. The summed E-state index contributed by atoms with van der Waals surface area (Å²) in [6.07, 6.45) is 1.92. The molecular formula is C26H23N3O3S. The molecule has 3 heterocycles. The monoisotopic (exact) mass is 457 g/mol. The number of nitrogens with zero attached hydrogens (tertiary/aromatic N) is 2. The first-order valence-corrected chi connectivity index (χ1v) is 11.6. The van der Waals surface area contributed by atoms with E-state index in [1.165, 1.54) is 11.3 Å². The normalized spacial score (nSPS) is 16.1. The maximum absolute atomic E-state index is 13.7. The number of para-hydroxylation sites is 1. The van der Waals surface area contributed by atoms with Crippen molar-refractivity contribution in [1.82, 2.24) is 9.55 Å². The van der Waals surface area contributed by atoms with Crippen molar-refractivity contribution in [2.75, 3.05) is 6.61 Å². The van der Waals surface area contributed by atoms with E-state index in [9.17, 15) is 9.59 Å². The van der Waals surface area contributed by atoms with Crippen LogP contribution < -0.4 is 14.9 Å². The number of thiazole rings is 1. The molecule has 0 saturated carbocycles. The van der Waals surface area contributed by atoms with Crippen molar-refractivity contribution in [1.29, 1.82) is 0 Å². The van der Waals surface area contributed by atoms with E-state index >= 15 is 0 Å². The predicted octanol–water partition coefficient (Wildman–Crippen LogP) is 3.59. The zero-order chi connectivity index (χ0) is 23.1. The molecule has 2 aromatic heterocycles. The number of carbonyl (C=O) groups excluding carboxylic acids is 1. The topological polar surface area (TPSA) is 76.4 Å². The zero-order valence-electron chi connectivity index (χ0n) is 18.6. The smallest absolute Gasteiger partial charge is 0.338 e. The summed E-state index contributed by atoms with van der Waals surface area (Å²) in [6.45, 7) is 5.81. The number of hydrogen-bond donors (Lipinski definition) is 1. The van der Waals surface area contributed by atoms with Crippen molar-refractivity contribution < 1.29 is 9.53 Å². The number of carbonyl (C=O) groups is 1. The molecule has 33 heavy (non-hydrogen) atoms. The molecule has 5 rings (SSSR count). The molecule has 1 atom stereocenters. The van der Waals surface area contributed by atoms with Crippen molar-refractivity contribution in [2.24, 2.45) is 4.99 Å². The Kier molecular flexibility index (Phi) is 5.34. The number of H-pyrrole nitrogens is 1. The second kappa shape index (κ2) is 8.33. The third-order valence-electron chi connectivity index (χ3n) is 5.85. The first kappa shape index (κ1) is 21.2. The van der Waals surface area contributed by atoms with Crippen LogP contribution in [-0.2, 0) is 9.53 Å². The van der Waals surface area contributed by atoms with Gasteiger partial charge in [-0.25, -0.2) is 9.79 Å². The van der Waals surface area contributed by atoms with E-state index in [1.54, 1.807) is 18.4 Å². The molecule has 1 N–H and O–H groups in total. The highest BCUT2D eigenvalue weighted by molar-refractivity contribution is 7.07. The van der Waals surface area contributed by atoms with E-state index in [0.717, 1.165) is 27.7 Å². The highest BCUT2D eigenvalue weighted by atomic mass is 32.1. The molecule has 0 spiro atoms. The van der Waals surface area contributed by atoms with Crippen molar-refractivity contribution in [3.8, 4) is 0 Å². The first-order valence-electron chi connectivity index (χ1n) is 10.8. The molecule has 166 valence electrons. The maximum atomic E-state index is 13.7. The standard InChI is InChI=1S/C26H23N3O3S/c1-4-32-25(31)22-16(3)28-26-29(23(22)17-10-6-5-7-11-17)24(30)21(33-26)14-19-15(2)27-20-13-9-8-12-18(19)20/h5-14,23,27H,4H2,1-3H3/b21-14-/t23-/m1/s1. The van der Waals surface area contributed by atoms with Gasteiger partial charge in [0.2, 0.25) is 0 Å². The molecule has 7 heteroatoms. The fourth-order valence-corrected chi connectivity index (χ4v) is 5.39. The second-order valence-electron chi connectivity index (χ2n) is 7.92. The largest absolute Gasteiger partial charge is 0.463 e. The van der Waals surface area contributed by atoms with Gasteiger partial charge in [0.15, 0.2) is 4.80 Å². The number of hydrogen-bond acceptors (Lipinski definition) is 5. The van der Waals surface area contributed by atoms with Crippen LogP contribution in [0.3, 0.4) is 0 Å². The molecule has 0 amide bonds. The van der Waals surface area contributed by atoms with Crippen molar-refractivity contribution in [3.05, 3.63) is 102 Å². The number of ether oxygens (including phenoxy) is 1. The van der Waals surface area contributed by atoms with Crippen LogP contribution >= 0.6 is 11.3 Å². The van der Waals surface area contributed by atoms with Crippen LogP contribution in [0.4, 0.5) is 0 Å². The number of allylic oxidation sites excluding steroid dienone is 1. The van der Waals surface area contributed by atoms with Gasteiger partial charge in [-0.1, -0.05) is 59.9 Å². The van der Waals surface area contributed by atoms with Crippen LogP contribution in [0.25, 0.3) is 17.0 Å². The quantitative estimate of drug-likeness (QED) is 0.476. The van der Waals surface area contributed by atoms with E-state index in [0.29, 0.717) is 20.6 Å². The van der Waals surface area contributed by atoms with Gasteiger partial charge in [-0.15, -0.1) is 0 Å². The van der Waals surface area contributed by atoms with Crippen LogP contribution in [0.5, 0.6) is 0 Å². The third-order valence-corrected chi connectivity index (χ3v) is 6.83. The maximum Gasteiger partial charge on any atom is 0.338 e. The van der Waals surface area contributed by atoms with Gasteiger partial charge in [0, 0.05) is 22.2 Å². The first-order chi connectivity index (χ1) is 16.0. The average Bonchev–Trinajstić information content (AvgIpc) is 3.29. The number of rotatable bonds is 4. The van der Waals surface area contributed by atoms with Gasteiger partial charge in [-0.05, 0) is 38.5 Å². The minimum atomic E-state index is -0.590. The lowest BCUT2D eigenvalue weighted by molar-refractivity contribution is -0.139. The van der Waals surface area contributed by atoms with Gasteiger partial charge >= 0.3 is 5.97 Å². The summed E-state index contributed by atoms with van der Waals surface area (Å²) in [5.74, 6) is -0.450. The van der Waals surface area contributed by atoms with E-state index in [2.05, 4.69) is 9.98 Å². The average molecular weight is 458 g/mol. The summed E-state index contributed by atoms with van der Waals surface area (Å²) in [4.78, 5) is 35.2. The molecule has 2 aromatic carbocycles. The SMILES string of the molecule is CCOC(=O)C1=C(C)N=c2s/c(=C\c3c(C)[nH]c4ccccc34)c(=O)n2[C@@H]1c1ccccc1. The molecule has 0 bridgehead atoms. The molecule has 6 nitrogen and oxygen atoms in total.